The number of hydrogen-bond acceptors (Lipinski definition) is 7. The number of Topliss-reactive ketones (excluding diaryl/α,β-unsaturated/α-hetero) is 1. The zero-order chi connectivity index (χ0) is 25.8. The number of rotatable bonds is 14. The lowest BCUT2D eigenvalue weighted by Gasteiger charge is -2.42. The summed E-state index contributed by atoms with van der Waals surface area (Å²) in [5, 5.41) is 6.62. The van der Waals surface area contributed by atoms with Gasteiger partial charge in [-0.25, -0.2) is 4.39 Å². The number of alkyl halides is 1. The number of nitrogens with one attached hydrogen (secondary N) is 2. The molecule has 1 saturated heterocycles. The lowest BCUT2D eigenvalue weighted by atomic mass is 9.68. The Labute approximate surface area is 212 Å². The van der Waals surface area contributed by atoms with Crippen LogP contribution in [0.1, 0.15) is 85.0 Å². The van der Waals surface area contributed by atoms with E-state index in [4.69, 9.17) is 16.2 Å². The van der Waals surface area contributed by atoms with Crippen molar-refractivity contribution < 1.29 is 13.9 Å². The molecule has 2 aliphatic rings. The number of halogens is 1. The Morgan fingerprint density at radius 1 is 1.31 bits per heavy atom. The maximum atomic E-state index is 14.5. The van der Waals surface area contributed by atoms with Crippen LogP contribution in [0.15, 0.2) is 16.4 Å². The highest BCUT2D eigenvalue weighted by Gasteiger charge is 2.40. The molecule has 2 aliphatic heterocycles. The number of unbranched alkanes of at least 4 members (excludes halogenated alkanes) is 2. The molecule has 0 aliphatic carbocycles. The van der Waals surface area contributed by atoms with Gasteiger partial charge < -0.3 is 26.8 Å². The molecule has 7 nitrogen and oxygen atoms in total. The number of hydrogen-bond donors (Lipinski definition) is 4. The molecule has 0 amide bonds. The van der Waals surface area contributed by atoms with Crippen LogP contribution in [0.5, 0.6) is 0 Å². The van der Waals surface area contributed by atoms with Gasteiger partial charge >= 0.3 is 0 Å². The lowest BCUT2D eigenvalue weighted by Crippen LogP contribution is -2.57. The summed E-state index contributed by atoms with van der Waals surface area (Å²) in [6.45, 7) is 7.30. The number of nitrogens with zero attached hydrogens (tertiary/aromatic N) is 1. The van der Waals surface area contributed by atoms with E-state index in [-0.39, 0.29) is 36.2 Å². The second-order valence-corrected chi connectivity index (χ2v) is 10.5. The smallest absolute Gasteiger partial charge is 0.159 e. The first-order valence-electron chi connectivity index (χ1n) is 13.7. The van der Waals surface area contributed by atoms with Gasteiger partial charge in [0.2, 0.25) is 0 Å². The maximum absolute atomic E-state index is 14.5. The SMILES string of the molecule is CCCCCC1C=NCC(NCC(=O)C(C(N)N)C2CC(CC)(CCC)CCC(F)CN2)=C1OC. The van der Waals surface area contributed by atoms with Crippen LogP contribution in [0.2, 0.25) is 0 Å². The molecule has 8 heteroatoms. The number of ether oxygens (including phenoxy) is 1. The molecule has 0 radical (unpaired) electrons. The lowest BCUT2D eigenvalue weighted by molar-refractivity contribution is -0.124. The third kappa shape index (κ3) is 8.53. The van der Waals surface area contributed by atoms with Gasteiger partial charge in [-0.15, -0.1) is 0 Å². The molecule has 35 heavy (non-hydrogen) atoms. The Morgan fingerprint density at radius 2 is 2.09 bits per heavy atom. The van der Waals surface area contributed by atoms with E-state index < -0.39 is 18.3 Å². The van der Waals surface area contributed by atoms with Gasteiger partial charge in [-0.3, -0.25) is 9.79 Å². The van der Waals surface area contributed by atoms with Crippen molar-refractivity contribution in [3.8, 4) is 0 Å². The van der Waals surface area contributed by atoms with Gasteiger partial charge in [0.15, 0.2) is 5.78 Å². The molecule has 0 aromatic rings. The van der Waals surface area contributed by atoms with Crippen molar-refractivity contribution in [3.05, 3.63) is 11.5 Å². The summed E-state index contributed by atoms with van der Waals surface area (Å²) in [6.07, 6.45) is 9.77. The molecule has 6 N–H and O–H groups in total. The van der Waals surface area contributed by atoms with Crippen LogP contribution in [-0.2, 0) is 9.53 Å². The zero-order valence-electron chi connectivity index (χ0n) is 22.5. The fourth-order valence-corrected chi connectivity index (χ4v) is 5.89. The average Bonchev–Trinajstić information content (AvgIpc) is 2.83. The first-order valence-corrected chi connectivity index (χ1v) is 13.7. The first kappa shape index (κ1) is 29.7. The molecule has 1 fully saturated rings. The standard InChI is InChI=1S/C27H50FN5O2/c1-5-8-9-10-19-15-31-17-22(25(19)35-4)33-18-23(34)24(26(29)30)21-14-27(7-3,12-6-2)13-11-20(28)16-32-21/h15,19-21,24,26,32-33H,5-14,16-18,29-30H2,1-4H3. The van der Waals surface area contributed by atoms with E-state index in [0.29, 0.717) is 13.0 Å². The Hall–Kier alpha value is -1.51. The molecule has 0 bridgehead atoms. The second kappa shape index (κ2) is 14.9. The molecule has 5 unspecified atom stereocenters. The molecule has 5 atom stereocenters. The van der Waals surface area contributed by atoms with E-state index in [1.807, 2.05) is 6.21 Å². The summed E-state index contributed by atoms with van der Waals surface area (Å²) in [5.41, 5.74) is 13.2. The third-order valence-electron chi connectivity index (χ3n) is 7.98. The largest absolute Gasteiger partial charge is 0.499 e. The van der Waals surface area contributed by atoms with Crippen molar-refractivity contribution in [2.24, 2.45) is 33.7 Å². The quantitative estimate of drug-likeness (QED) is 0.215. The minimum atomic E-state index is -0.928. The number of nitrogens with two attached hydrogens (primary N) is 2. The van der Waals surface area contributed by atoms with Crippen molar-refractivity contribution >= 4 is 12.0 Å². The van der Waals surface area contributed by atoms with Gasteiger partial charge in [-0.05, 0) is 37.5 Å². The Morgan fingerprint density at radius 3 is 2.71 bits per heavy atom. The summed E-state index contributed by atoms with van der Waals surface area (Å²) >= 11 is 0. The minimum Gasteiger partial charge on any atom is -0.499 e. The number of methoxy groups -OCH3 is 1. The van der Waals surface area contributed by atoms with Crippen molar-refractivity contribution in [2.45, 2.75) is 103 Å². The van der Waals surface area contributed by atoms with Crippen molar-refractivity contribution in [3.63, 3.8) is 0 Å². The van der Waals surface area contributed by atoms with E-state index in [1.54, 1.807) is 7.11 Å². The van der Waals surface area contributed by atoms with Crippen LogP contribution >= 0.6 is 0 Å². The molecule has 0 spiro atoms. The summed E-state index contributed by atoms with van der Waals surface area (Å²) in [7, 11) is 1.67. The van der Waals surface area contributed by atoms with E-state index in [1.165, 1.54) is 6.42 Å². The molecule has 0 aromatic carbocycles. The Kier molecular flexibility index (Phi) is 12.7. The highest BCUT2D eigenvalue weighted by atomic mass is 19.1. The van der Waals surface area contributed by atoms with Crippen LogP contribution in [0.3, 0.4) is 0 Å². The van der Waals surface area contributed by atoms with Gasteiger partial charge in [-0.2, -0.15) is 0 Å². The summed E-state index contributed by atoms with van der Waals surface area (Å²) < 4.78 is 20.3. The predicted molar refractivity (Wildman–Crippen MR) is 142 cm³/mol. The maximum Gasteiger partial charge on any atom is 0.159 e. The Balaban J connectivity index is 2.16. The topological polar surface area (TPSA) is 115 Å². The highest BCUT2D eigenvalue weighted by molar-refractivity contribution is 5.84. The number of aliphatic imine (C=N–C) groups is 1. The zero-order valence-corrected chi connectivity index (χ0v) is 22.5. The second-order valence-electron chi connectivity index (χ2n) is 10.5. The van der Waals surface area contributed by atoms with Crippen LogP contribution < -0.4 is 22.1 Å². The number of carbonyl (C=O) groups is 1. The van der Waals surface area contributed by atoms with Crippen LogP contribution in [-0.4, -0.2) is 57.1 Å². The van der Waals surface area contributed by atoms with Crippen molar-refractivity contribution in [2.75, 3.05) is 26.7 Å². The minimum absolute atomic E-state index is 0.00638. The molecular formula is C27H50FN5O2. The number of carbonyl (C=O) groups excluding carboxylic acids is 1. The van der Waals surface area contributed by atoms with E-state index >= 15 is 0 Å². The third-order valence-corrected chi connectivity index (χ3v) is 7.98. The van der Waals surface area contributed by atoms with Gasteiger partial charge in [0.25, 0.3) is 0 Å². The number of dihydropyridines is 1. The molecule has 0 saturated carbocycles. The van der Waals surface area contributed by atoms with Gasteiger partial charge in [0.1, 0.15) is 11.9 Å². The number of allylic oxidation sites excluding steroid dienone is 1. The van der Waals surface area contributed by atoms with Crippen LogP contribution in [0.25, 0.3) is 0 Å². The van der Waals surface area contributed by atoms with Crippen molar-refractivity contribution in [1.82, 2.24) is 10.6 Å². The van der Waals surface area contributed by atoms with Gasteiger partial charge in [0.05, 0.1) is 43.9 Å². The van der Waals surface area contributed by atoms with E-state index in [9.17, 15) is 9.18 Å². The molecule has 0 aromatic heterocycles. The summed E-state index contributed by atoms with van der Waals surface area (Å²) in [5.74, 6) is 0.317. The van der Waals surface area contributed by atoms with Gasteiger partial charge in [-0.1, -0.05) is 52.9 Å². The number of ketones is 1. The fourth-order valence-electron chi connectivity index (χ4n) is 5.89. The highest BCUT2D eigenvalue weighted by Crippen LogP contribution is 2.41. The predicted octanol–water partition coefficient (Wildman–Crippen LogP) is 3.82. The van der Waals surface area contributed by atoms with Crippen molar-refractivity contribution in [1.29, 1.82) is 0 Å². The molecule has 2 heterocycles. The molecule has 2 rings (SSSR count). The van der Waals surface area contributed by atoms with Crippen LogP contribution in [0, 0.1) is 17.3 Å². The summed E-state index contributed by atoms with van der Waals surface area (Å²) in [4.78, 5) is 18.0. The molecular weight excluding hydrogens is 445 g/mol. The average molecular weight is 496 g/mol. The van der Waals surface area contributed by atoms with Gasteiger partial charge in [0, 0.05) is 18.8 Å². The molecule has 202 valence electrons. The fraction of sp³-hybridized carbons (Fsp3) is 0.852. The van der Waals surface area contributed by atoms with E-state index in [0.717, 1.165) is 62.8 Å². The van der Waals surface area contributed by atoms with Crippen LogP contribution in [0.4, 0.5) is 4.39 Å². The Bertz CT molecular complexity index is 714. The normalized spacial score (nSPS) is 28.5. The first-order chi connectivity index (χ1) is 16.8. The monoisotopic (exact) mass is 495 g/mol. The van der Waals surface area contributed by atoms with E-state index in [2.05, 4.69) is 36.4 Å². The summed E-state index contributed by atoms with van der Waals surface area (Å²) in [6, 6.07) is -0.253.